The van der Waals surface area contributed by atoms with Crippen LogP contribution in [-0.2, 0) is 14.3 Å². The summed E-state index contributed by atoms with van der Waals surface area (Å²) in [5.74, 6) is 0.481. The van der Waals surface area contributed by atoms with E-state index in [0.29, 0.717) is 6.61 Å². The van der Waals surface area contributed by atoms with Crippen molar-refractivity contribution in [3.8, 4) is 5.75 Å². The number of hydrogen-bond donors (Lipinski definition) is 0. The number of allylic oxidation sites excluding steroid dienone is 2. The van der Waals surface area contributed by atoms with Gasteiger partial charge in [0.2, 0.25) is 0 Å². The summed E-state index contributed by atoms with van der Waals surface area (Å²) in [4.78, 5) is 11.1. The summed E-state index contributed by atoms with van der Waals surface area (Å²) >= 11 is 0. The van der Waals surface area contributed by atoms with E-state index in [-0.39, 0.29) is 12.3 Å². The van der Waals surface area contributed by atoms with Crippen LogP contribution in [0.2, 0.25) is 0 Å². The van der Waals surface area contributed by atoms with Crippen molar-refractivity contribution in [1.82, 2.24) is 0 Å². The molecule has 4 heteroatoms. The number of carbonyl (C=O) groups is 1. The van der Waals surface area contributed by atoms with Crippen LogP contribution in [-0.4, -0.2) is 25.5 Å². The van der Waals surface area contributed by atoms with Crippen LogP contribution >= 0.6 is 0 Å². The molecule has 0 N–H and O–H groups in total. The maximum atomic E-state index is 11.1. The molecule has 1 aromatic carbocycles. The molecule has 0 aromatic heterocycles. The molecule has 4 nitrogen and oxygen atoms in total. The van der Waals surface area contributed by atoms with Gasteiger partial charge < -0.3 is 14.2 Å². The summed E-state index contributed by atoms with van der Waals surface area (Å²) in [6, 6.07) is 7.78. The maximum absolute atomic E-state index is 11.1. The van der Waals surface area contributed by atoms with Gasteiger partial charge in [0.25, 0.3) is 0 Å². The number of hydrogen-bond acceptors (Lipinski definition) is 4. The molecular formula is C18H22O4. The van der Waals surface area contributed by atoms with E-state index in [1.807, 2.05) is 30.3 Å². The van der Waals surface area contributed by atoms with Crippen molar-refractivity contribution in [2.75, 3.05) is 13.2 Å². The molecule has 1 fully saturated rings. The lowest BCUT2D eigenvalue weighted by Gasteiger charge is -2.23. The summed E-state index contributed by atoms with van der Waals surface area (Å²) in [6.45, 7) is 2.95. The molecule has 0 bridgehead atoms. The third-order valence-corrected chi connectivity index (χ3v) is 3.20. The minimum Gasteiger partial charge on any atom is -0.465 e. The standard InChI is InChI=1S/C18H22O4/c1-2-20-17(19)8-4-3-7-15-10-12-16(13-11-15)22-18-9-5-6-14-21-18/h3-4,7-8,10-13,18H,2,5-6,9,14H2,1H3. The number of rotatable bonds is 6. The zero-order valence-electron chi connectivity index (χ0n) is 12.9. The molecule has 0 saturated carbocycles. The maximum Gasteiger partial charge on any atom is 0.330 e. The molecule has 1 aliphatic heterocycles. The third kappa shape index (κ3) is 5.74. The Bertz CT molecular complexity index is 510. The Hall–Kier alpha value is -2.07. The fourth-order valence-electron chi connectivity index (χ4n) is 2.10. The first kappa shape index (κ1) is 16.3. The van der Waals surface area contributed by atoms with Gasteiger partial charge in [-0.15, -0.1) is 0 Å². The zero-order chi connectivity index (χ0) is 15.6. The van der Waals surface area contributed by atoms with Crippen molar-refractivity contribution in [3.63, 3.8) is 0 Å². The average molecular weight is 302 g/mol. The van der Waals surface area contributed by atoms with E-state index in [1.165, 1.54) is 6.08 Å². The molecule has 1 unspecified atom stereocenters. The number of esters is 1. The van der Waals surface area contributed by atoms with Gasteiger partial charge in [-0.2, -0.15) is 0 Å². The molecule has 1 aliphatic rings. The van der Waals surface area contributed by atoms with Gasteiger partial charge in [-0.3, -0.25) is 0 Å². The van der Waals surface area contributed by atoms with Crippen molar-refractivity contribution < 1.29 is 19.0 Å². The largest absolute Gasteiger partial charge is 0.465 e. The highest BCUT2D eigenvalue weighted by Gasteiger charge is 2.14. The van der Waals surface area contributed by atoms with Crippen LogP contribution < -0.4 is 4.74 Å². The highest BCUT2D eigenvalue weighted by Crippen LogP contribution is 2.19. The number of carbonyl (C=O) groups excluding carboxylic acids is 1. The molecule has 0 spiro atoms. The summed E-state index contributed by atoms with van der Waals surface area (Å²) in [5.41, 5.74) is 1.03. The van der Waals surface area contributed by atoms with Crippen molar-refractivity contribution in [1.29, 1.82) is 0 Å². The van der Waals surface area contributed by atoms with Gasteiger partial charge in [-0.05, 0) is 37.5 Å². The first-order valence-electron chi connectivity index (χ1n) is 7.68. The SMILES string of the molecule is CCOC(=O)C=CC=Cc1ccc(OC2CCCCO2)cc1. The molecule has 118 valence electrons. The molecule has 0 aliphatic carbocycles. The van der Waals surface area contributed by atoms with E-state index >= 15 is 0 Å². The summed E-state index contributed by atoms with van der Waals surface area (Å²) < 4.78 is 16.1. The first-order chi connectivity index (χ1) is 10.8. The van der Waals surface area contributed by atoms with Crippen LogP contribution in [0.5, 0.6) is 5.75 Å². The van der Waals surface area contributed by atoms with Crippen LogP contribution in [0.3, 0.4) is 0 Å². The van der Waals surface area contributed by atoms with E-state index in [1.54, 1.807) is 19.1 Å². The Morgan fingerprint density at radius 2 is 2.09 bits per heavy atom. The minimum atomic E-state index is -0.330. The lowest BCUT2D eigenvalue weighted by molar-refractivity contribution is -0.137. The predicted octanol–water partition coefficient (Wildman–Crippen LogP) is 3.72. The molecule has 1 saturated heterocycles. The Morgan fingerprint density at radius 1 is 1.27 bits per heavy atom. The Morgan fingerprint density at radius 3 is 2.77 bits per heavy atom. The summed E-state index contributed by atoms with van der Waals surface area (Å²) in [5, 5.41) is 0. The second kappa shape index (κ2) is 9.05. The molecular weight excluding hydrogens is 280 g/mol. The van der Waals surface area contributed by atoms with Crippen LogP contribution in [0.15, 0.2) is 42.5 Å². The number of ether oxygens (including phenoxy) is 3. The van der Waals surface area contributed by atoms with Gasteiger partial charge in [0.1, 0.15) is 5.75 Å². The van der Waals surface area contributed by atoms with Gasteiger partial charge in [-0.25, -0.2) is 4.79 Å². The molecule has 22 heavy (non-hydrogen) atoms. The molecule has 1 atom stereocenters. The van der Waals surface area contributed by atoms with Crippen molar-refractivity contribution in [3.05, 3.63) is 48.1 Å². The van der Waals surface area contributed by atoms with Crippen LogP contribution in [0.1, 0.15) is 31.7 Å². The Balaban J connectivity index is 1.82. The molecule has 1 aromatic rings. The highest BCUT2D eigenvalue weighted by molar-refractivity contribution is 5.82. The van der Waals surface area contributed by atoms with Crippen molar-refractivity contribution in [2.24, 2.45) is 0 Å². The fourth-order valence-corrected chi connectivity index (χ4v) is 2.10. The van der Waals surface area contributed by atoms with E-state index in [2.05, 4.69) is 0 Å². The van der Waals surface area contributed by atoms with E-state index in [0.717, 1.165) is 37.2 Å². The van der Waals surface area contributed by atoms with Gasteiger partial charge in [-0.1, -0.05) is 30.4 Å². The highest BCUT2D eigenvalue weighted by atomic mass is 16.7. The Labute approximate surface area is 131 Å². The van der Waals surface area contributed by atoms with E-state index in [9.17, 15) is 4.79 Å². The molecule has 0 amide bonds. The molecule has 2 rings (SSSR count). The molecule has 1 heterocycles. The van der Waals surface area contributed by atoms with Crippen LogP contribution in [0, 0.1) is 0 Å². The van der Waals surface area contributed by atoms with Crippen LogP contribution in [0.4, 0.5) is 0 Å². The number of benzene rings is 1. The molecule has 0 radical (unpaired) electrons. The van der Waals surface area contributed by atoms with Gasteiger partial charge in [0, 0.05) is 12.5 Å². The minimum absolute atomic E-state index is 0.123. The quantitative estimate of drug-likeness (QED) is 0.456. The van der Waals surface area contributed by atoms with Gasteiger partial charge in [0.05, 0.1) is 13.2 Å². The van der Waals surface area contributed by atoms with Crippen molar-refractivity contribution in [2.45, 2.75) is 32.5 Å². The predicted molar refractivity (Wildman–Crippen MR) is 85.5 cm³/mol. The lowest BCUT2D eigenvalue weighted by Crippen LogP contribution is -2.24. The van der Waals surface area contributed by atoms with Crippen LogP contribution in [0.25, 0.3) is 6.08 Å². The lowest BCUT2D eigenvalue weighted by atomic mass is 10.2. The smallest absolute Gasteiger partial charge is 0.330 e. The third-order valence-electron chi connectivity index (χ3n) is 3.20. The summed E-state index contributed by atoms with van der Waals surface area (Å²) in [6.07, 6.45) is 9.87. The second-order valence-corrected chi connectivity index (χ2v) is 4.95. The fraction of sp³-hybridized carbons (Fsp3) is 0.389. The van der Waals surface area contributed by atoms with E-state index < -0.39 is 0 Å². The summed E-state index contributed by atoms with van der Waals surface area (Å²) in [7, 11) is 0. The Kier molecular flexibility index (Phi) is 6.71. The van der Waals surface area contributed by atoms with E-state index in [4.69, 9.17) is 14.2 Å². The van der Waals surface area contributed by atoms with Gasteiger partial charge in [0.15, 0.2) is 6.29 Å². The average Bonchev–Trinajstić information content (AvgIpc) is 2.54. The second-order valence-electron chi connectivity index (χ2n) is 4.95. The first-order valence-corrected chi connectivity index (χ1v) is 7.68. The zero-order valence-corrected chi connectivity index (χ0v) is 12.9. The normalized spacial score (nSPS) is 18.7. The topological polar surface area (TPSA) is 44.8 Å². The monoisotopic (exact) mass is 302 g/mol. The van der Waals surface area contributed by atoms with Gasteiger partial charge >= 0.3 is 5.97 Å². The van der Waals surface area contributed by atoms with Crippen molar-refractivity contribution >= 4 is 12.0 Å².